The van der Waals surface area contributed by atoms with Crippen LogP contribution >= 0.6 is 0 Å². The fourth-order valence-electron chi connectivity index (χ4n) is 2.80. The molecule has 2 aliphatic rings. The van der Waals surface area contributed by atoms with Gasteiger partial charge in [0.25, 0.3) is 0 Å². The van der Waals surface area contributed by atoms with Gasteiger partial charge in [-0.1, -0.05) is 13.0 Å². The van der Waals surface area contributed by atoms with Crippen LogP contribution in [0.1, 0.15) is 19.8 Å². The summed E-state index contributed by atoms with van der Waals surface area (Å²) >= 11 is 0. The second kappa shape index (κ2) is 2.59. The highest BCUT2D eigenvalue weighted by atomic mass is 16.4. The molecule has 0 amide bonds. The molecule has 0 aliphatic heterocycles. The number of hydrogen-bond acceptors (Lipinski definition) is 2. The standard InChI is InChI=1S/C10H12O4/c1-10-3-5(2-7(10)9(13)14)6(4-10)8(11)12/h4-5,7H,2-3H2,1H3,(H,11,12)(H,13,14)/t5-,7?,10+/m0/s1. The van der Waals surface area contributed by atoms with Crippen molar-refractivity contribution in [3.8, 4) is 0 Å². The number of carbonyl (C=O) groups is 2. The molecular formula is C10H12O4. The van der Waals surface area contributed by atoms with Gasteiger partial charge in [-0.3, -0.25) is 4.79 Å². The zero-order valence-corrected chi connectivity index (χ0v) is 7.86. The van der Waals surface area contributed by atoms with Crippen LogP contribution in [0.2, 0.25) is 0 Å². The molecule has 14 heavy (non-hydrogen) atoms. The third-order valence-electron chi connectivity index (χ3n) is 3.47. The van der Waals surface area contributed by atoms with E-state index in [1.165, 1.54) is 0 Å². The Balaban J connectivity index is 2.33. The Morgan fingerprint density at radius 1 is 1.50 bits per heavy atom. The maximum Gasteiger partial charge on any atom is 0.331 e. The second-order valence-electron chi connectivity index (χ2n) is 4.44. The summed E-state index contributed by atoms with van der Waals surface area (Å²) in [4.78, 5) is 21.7. The molecule has 0 saturated heterocycles. The average Bonchev–Trinajstić information content (AvgIpc) is 2.55. The van der Waals surface area contributed by atoms with Gasteiger partial charge in [0.2, 0.25) is 0 Å². The van der Waals surface area contributed by atoms with Gasteiger partial charge >= 0.3 is 11.9 Å². The number of carboxylic acids is 2. The SMILES string of the molecule is C[C@@]12C=C(C(=O)O)[C@@H](CC1C(=O)O)C2. The first-order valence-corrected chi connectivity index (χ1v) is 4.63. The summed E-state index contributed by atoms with van der Waals surface area (Å²) in [5.41, 5.74) is -0.0328. The molecule has 76 valence electrons. The summed E-state index contributed by atoms with van der Waals surface area (Å²) < 4.78 is 0. The van der Waals surface area contributed by atoms with Crippen LogP contribution in [0.3, 0.4) is 0 Å². The zero-order valence-electron chi connectivity index (χ0n) is 7.86. The number of rotatable bonds is 2. The highest BCUT2D eigenvalue weighted by Gasteiger charge is 2.53. The van der Waals surface area contributed by atoms with Crippen LogP contribution in [0.4, 0.5) is 0 Å². The van der Waals surface area contributed by atoms with Crippen LogP contribution < -0.4 is 0 Å². The molecule has 0 aromatic rings. The van der Waals surface area contributed by atoms with E-state index >= 15 is 0 Å². The van der Waals surface area contributed by atoms with Crippen LogP contribution in [0, 0.1) is 17.3 Å². The first-order valence-electron chi connectivity index (χ1n) is 4.63. The summed E-state index contributed by atoms with van der Waals surface area (Å²) in [5.74, 6) is -2.17. The lowest BCUT2D eigenvalue weighted by atomic mass is 9.79. The molecule has 0 aromatic heterocycles. The van der Waals surface area contributed by atoms with Crippen LogP contribution in [0.25, 0.3) is 0 Å². The lowest BCUT2D eigenvalue weighted by molar-refractivity contribution is -0.144. The third kappa shape index (κ3) is 1.06. The average molecular weight is 196 g/mol. The Morgan fingerprint density at radius 2 is 2.14 bits per heavy atom. The summed E-state index contributed by atoms with van der Waals surface area (Å²) in [6.07, 6.45) is 2.79. The Labute approximate surface area is 81.2 Å². The van der Waals surface area contributed by atoms with E-state index in [1.54, 1.807) is 6.08 Å². The Bertz CT molecular complexity index is 344. The van der Waals surface area contributed by atoms with Gasteiger partial charge in [0.1, 0.15) is 0 Å². The number of hydrogen-bond donors (Lipinski definition) is 2. The molecule has 1 fully saturated rings. The first kappa shape index (κ1) is 9.24. The predicted molar refractivity (Wildman–Crippen MR) is 47.7 cm³/mol. The van der Waals surface area contributed by atoms with Gasteiger partial charge in [0.15, 0.2) is 0 Å². The van der Waals surface area contributed by atoms with E-state index in [2.05, 4.69) is 0 Å². The van der Waals surface area contributed by atoms with Crippen molar-refractivity contribution < 1.29 is 19.8 Å². The monoisotopic (exact) mass is 196 g/mol. The normalized spacial score (nSPS) is 39.6. The molecule has 2 rings (SSSR count). The van der Waals surface area contributed by atoms with Gasteiger partial charge in [-0.25, -0.2) is 4.79 Å². The van der Waals surface area contributed by atoms with E-state index in [9.17, 15) is 9.59 Å². The topological polar surface area (TPSA) is 74.6 Å². The minimum Gasteiger partial charge on any atom is -0.481 e. The van der Waals surface area contributed by atoms with Crippen molar-refractivity contribution >= 4 is 11.9 Å². The van der Waals surface area contributed by atoms with E-state index in [-0.39, 0.29) is 5.92 Å². The van der Waals surface area contributed by atoms with Crippen molar-refractivity contribution in [2.75, 3.05) is 0 Å². The van der Waals surface area contributed by atoms with Crippen molar-refractivity contribution in [1.82, 2.24) is 0 Å². The molecule has 2 N–H and O–H groups in total. The summed E-state index contributed by atoms with van der Waals surface area (Å²) in [6.45, 7) is 1.84. The zero-order chi connectivity index (χ0) is 10.5. The maximum absolute atomic E-state index is 10.9. The Hall–Kier alpha value is -1.32. The minimum atomic E-state index is -0.900. The number of allylic oxidation sites excluding steroid dienone is 1. The van der Waals surface area contributed by atoms with Crippen LogP contribution in [-0.4, -0.2) is 22.2 Å². The molecule has 4 heteroatoms. The molecule has 0 heterocycles. The maximum atomic E-state index is 10.9. The van der Waals surface area contributed by atoms with Gasteiger partial charge < -0.3 is 10.2 Å². The highest BCUT2D eigenvalue weighted by molar-refractivity contribution is 5.89. The summed E-state index contributed by atoms with van der Waals surface area (Å²) in [5, 5.41) is 17.8. The van der Waals surface area contributed by atoms with E-state index in [0.29, 0.717) is 18.4 Å². The van der Waals surface area contributed by atoms with E-state index < -0.39 is 23.3 Å². The predicted octanol–water partition coefficient (Wildman–Crippen LogP) is 1.13. The van der Waals surface area contributed by atoms with E-state index in [4.69, 9.17) is 10.2 Å². The van der Waals surface area contributed by atoms with Gasteiger partial charge in [-0.2, -0.15) is 0 Å². The van der Waals surface area contributed by atoms with E-state index in [1.807, 2.05) is 6.92 Å². The van der Waals surface area contributed by atoms with Gasteiger partial charge in [0, 0.05) is 11.0 Å². The minimum absolute atomic E-state index is 0.0569. The quantitative estimate of drug-likeness (QED) is 0.694. The van der Waals surface area contributed by atoms with E-state index in [0.717, 1.165) is 0 Å². The molecule has 1 saturated carbocycles. The third-order valence-corrected chi connectivity index (χ3v) is 3.47. The lowest BCUT2D eigenvalue weighted by Crippen LogP contribution is -2.28. The van der Waals surface area contributed by atoms with Crippen molar-refractivity contribution in [3.05, 3.63) is 11.6 Å². The number of aliphatic carboxylic acids is 2. The fourth-order valence-corrected chi connectivity index (χ4v) is 2.80. The largest absolute Gasteiger partial charge is 0.481 e. The van der Waals surface area contributed by atoms with Crippen LogP contribution in [0.15, 0.2) is 11.6 Å². The molecule has 3 atom stereocenters. The molecule has 0 radical (unpaired) electrons. The second-order valence-corrected chi connectivity index (χ2v) is 4.44. The molecule has 2 bridgehead atoms. The highest BCUT2D eigenvalue weighted by Crippen LogP contribution is 2.56. The number of carboxylic acid groups (broad SMARTS) is 2. The molecule has 2 aliphatic carbocycles. The Morgan fingerprint density at radius 3 is 2.50 bits per heavy atom. The van der Waals surface area contributed by atoms with Crippen molar-refractivity contribution in [1.29, 1.82) is 0 Å². The molecule has 0 aromatic carbocycles. The molecule has 0 spiro atoms. The van der Waals surface area contributed by atoms with Crippen molar-refractivity contribution in [2.24, 2.45) is 17.3 Å². The fraction of sp³-hybridized carbons (Fsp3) is 0.600. The van der Waals surface area contributed by atoms with Crippen molar-refractivity contribution in [3.63, 3.8) is 0 Å². The molecule has 1 unspecified atom stereocenters. The smallest absolute Gasteiger partial charge is 0.331 e. The lowest BCUT2D eigenvalue weighted by Gasteiger charge is -2.24. The summed E-state index contributed by atoms with van der Waals surface area (Å²) in [7, 11) is 0. The Kier molecular flexibility index (Phi) is 1.71. The van der Waals surface area contributed by atoms with Crippen molar-refractivity contribution in [2.45, 2.75) is 19.8 Å². The van der Waals surface area contributed by atoms with Gasteiger partial charge in [-0.05, 0) is 18.8 Å². The first-order chi connectivity index (χ1) is 6.44. The van der Waals surface area contributed by atoms with Gasteiger partial charge in [0.05, 0.1) is 5.92 Å². The van der Waals surface area contributed by atoms with Crippen LogP contribution in [-0.2, 0) is 9.59 Å². The number of fused-ring (bicyclic) bond motifs is 2. The van der Waals surface area contributed by atoms with Gasteiger partial charge in [-0.15, -0.1) is 0 Å². The summed E-state index contributed by atoms with van der Waals surface area (Å²) in [6, 6.07) is 0. The molecular weight excluding hydrogens is 184 g/mol. The molecule has 4 nitrogen and oxygen atoms in total. The van der Waals surface area contributed by atoms with Crippen LogP contribution in [0.5, 0.6) is 0 Å².